The highest BCUT2D eigenvalue weighted by Crippen LogP contribution is 2.20. The summed E-state index contributed by atoms with van der Waals surface area (Å²) in [6.07, 6.45) is 0.953. The van der Waals surface area contributed by atoms with Crippen LogP contribution in [0.2, 0.25) is 0 Å². The summed E-state index contributed by atoms with van der Waals surface area (Å²) in [7, 11) is 0. The molecule has 0 aliphatic heterocycles. The van der Waals surface area contributed by atoms with Crippen molar-refractivity contribution < 1.29 is 4.39 Å². The molecule has 0 aliphatic rings. The van der Waals surface area contributed by atoms with Gasteiger partial charge in [0, 0.05) is 0 Å². The molecule has 1 nitrogen and oxygen atoms in total. The minimum atomic E-state index is -0.128. The molecule has 2 heteroatoms. The molecule has 0 saturated carbocycles. The third-order valence-electron chi connectivity index (χ3n) is 3.39. The quantitative estimate of drug-likeness (QED) is 0.797. The van der Waals surface area contributed by atoms with Crippen molar-refractivity contribution in [2.45, 2.75) is 34.1 Å². The van der Waals surface area contributed by atoms with Crippen LogP contribution >= 0.6 is 0 Å². The zero-order valence-electron chi connectivity index (χ0n) is 11.4. The second-order valence-electron chi connectivity index (χ2n) is 5.09. The molecule has 1 rings (SSSR count). The minimum absolute atomic E-state index is 0.128. The maximum atomic E-state index is 13.2. The highest BCUT2D eigenvalue weighted by molar-refractivity contribution is 5.27. The predicted octanol–water partition coefficient (Wildman–Crippen LogP) is 3.56. The zero-order chi connectivity index (χ0) is 12.8. The molecule has 1 atom stereocenters. The lowest BCUT2D eigenvalue weighted by Crippen LogP contribution is -2.27. The van der Waals surface area contributed by atoms with Gasteiger partial charge in [0.15, 0.2) is 0 Å². The molecule has 0 aliphatic carbocycles. The van der Waals surface area contributed by atoms with Crippen LogP contribution < -0.4 is 5.32 Å². The van der Waals surface area contributed by atoms with Gasteiger partial charge < -0.3 is 5.32 Å². The van der Waals surface area contributed by atoms with Crippen molar-refractivity contribution in [2.75, 3.05) is 13.1 Å². The van der Waals surface area contributed by atoms with Gasteiger partial charge in [-0.3, -0.25) is 0 Å². The summed E-state index contributed by atoms with van der Waals surface area (Å²) in [5.74, 6) is 1.05. The van der Waals surface area contributed by atoms with E-state index in [-0.39, 0.29) is 5.82 Å². The second-order valence-corrected chi connectivity index (χ2v) is 5.09. The first kappa shape index (κ1) is 14.2. The Balaban J connectivity index is 2.74. The third kappa shape index (κ3) is 4.47. The lowest BCUT2D eigenvalue weighted by molar-refractivity contribution is 0.363. The fourth-order valence-corrected chi connectivity index (χ4v) is 2.02. The molecule has 0 saturated heterocycles. The fourth-order valence-electron chi connectivity index (χ4n) is 2.02. The van der Waals surface area contributed by atoms with Crippen LogP contribution in [0.3, 0.4) is 0 Å². The van der Waals surface area contributed by atoms with E-state index in [1.807, 2.05) is 6.07 Å². The monoisotopic (exact) mass is 237 g/mol. The number of hydrogen-bond donors (Lipinski definition) is 1. The van der Waals surface area contributed by atoms with Gasteiger partial charge in [-0.05, 0) is 61.5 Å². The number of hydrogen-bond acceptors (Lipinski definition) is 1. The normalized spacial score (nSPS) is 13.1. The van der Waals surface area contributed by atoms with E-state index in [9.17, 15) is 4.39 Å². The first-order valence-corrected chi connectivity index (χ1v) is 6.50. The van der Waals surface area contributed by atoms with E-state index >= 15 is 0 Å². The highest BCUT2D eigenvalue weighted by Gasteiger charge is 2.15. The lowest BCUT2D eigenvalue weighted by atomic mass is 9.87. The molecular formula is C15H24FN. The smallest absolute Gasteiger partial charge is 0.123 e. The molecular weight excluding hydrogens is 213 g/mol. The van der Waals surface area contributed by atoms with E-state index in [0.717, 1.165) is 25.1 Å². The Morgan fingerprint density at radius 2 is 2.00 bits per heavy atom. The van der Waals surface area contributed by atoms with Crippen molar-refractivity contribution >= 4 is 0 Å². The Morgan fingerprint density at radius 3 is 2.59 bits per heavy atom. The summed E-state index contributed by atoms with van der Waals surface area (Å²) in [4.78, 5) is 0. The topological polar surface area (TPSA) is 12.0 Å². The Bertz CT molecular complexity index is 347. The average Bonchev–Trinajstić information content (AvgIpc) is 2.28. The minimum Gasteiger partial charge on any atom is -0.317 e. The molecule has 96 valence electrons. The Labute approximate surface area is 104 Å². The maximum absolute atomic E-state index is 13.2. The molecule has 0 heterocycles. The Hall–Kier alpha value is -0.890. The predicted molar refractivity (Wildman–Crippen MR) is 71.7 cm³/mol. The summed E-state index contributed by atoms with van der Waals surface area (Å²) in [6.45, 7) is 10.6. The van der Waals surface area contributed by atoms with Crippen molar-refractivity contribution in [2.24, 2.45) is 11.8 Å². The Kier molecular flexibility index (Phi) is 5.63. The largest absolute Gasteiger partial charge is 0.317 e. The SMILES string of the molecule is CCNCC(Cc1cc(F)ccc1C)C(C)C. The molecule has 0 bridgehead atoms. The molecule has 0 radical (unpaired) electrons. The zero-order valence-corrected chi connectivity index (χ0v) is 11.4. The first-order chi connectivity index (χ1) is 8.04. The molecule has 1 aromatic carbocycles. The van der Waals surface area contributed by atoms with Crippen molar-refractivity contribution in [1.29, 1.82) is 0 Å². The average molecular weight is 237 g/mol. The summed E-state index contributed by atoms with van der Waals surface area (Å²) in [5, 5.41) is 3.39. The summed E-state index contributed by atoms with van der Waals surface area (Å²) in [6, 6.07) is 5.08. The molecule has 0 spiro atoms. The summed E-state index contributed by atoms with van der Waals surface area (Å²) >= 11 is 0. The molecule has 17 heavy (non-hydrogen) atoms. The van der Waals surface area contributed by atoms with Crippen LogP contribution in [0.15, 0.2) is 18.2 Å². The van der Waals surface area contributed by atoms with Crippen LogP contribution in [-0.2, 0) is 6.42 Å². The van der Waals surface area contributed by atoms with Gasteiger partial charge in [0.05, 0.1) is 0 Å². The van der Waals surface area contributed by atoms with Crippen LogP contribution in [0, 0.1) is 24.6 Å². The van der Waals surface area contributed by atoms with E-state index in [1.54, 1.807) is 6.07 Å². The number of benzene rings is 1. The van der Waals surface area contributed by atoms with E-state index in [0.29, 0.717) is 11.8 Å². The molecule has 0 amide bonds. The van der Waals surface area contributed by atoms with Crippen LogP contribution in [0.4, 0.5) is 4.39 Å². The maximum Gasteiger partial charge on any atom is 0.123 e. The van der Waals surface area contributed by atoms with Gasteiger partial charge in [-0.2, -0.15) is 0 Å². The summed E-state index contributed by atoms with van der Waals surface area (Å²) in [5.41, 5.74) is 2.33. The highest BCUT2D eigenvalue weighted by atomic mass is 19.1. The van der Waals surface area contributed by atoms with Crippen molar-refractivity contribution in [3.8, 4) is 0 Å². The first-order valence-electron chi connectivity index (χ1n) is 6.50. The molecule has 0 aromatic heterocycles. The lowest BCUT2D eigenvalue weighted by Gasteiger charge is -2.22. The molecule has 1 unspecified atom stereocenters. The number of aryl methyl sites for hydroxylation is 1. The van der Waals surface area contributed by atoms with Crippen molar-refractivity contribution in [3.05, 3.63) is 35.1 Å². The van der Waals surface area contributed by atoms with E-state index in [1.165, 1.54) is 11.6 Å². The van der Waals surface area contributed by atoms with Crippen LogP contribution in [0.1, 0.15) is 31.9 Å². The van der Waals surface area contributed by atoms with Crippen LogP contribution in [-0.4, -0.2) is 13.1 Å². The van der Waals surface area contributed by atoms with Gasteiger partial charge in [0.2, 0.25) is 0 Å². The van der Waals surface area contributed by atoms with Crippen molar-refractivity contribution in [1.82, 2.24) is 5.32 Å². The molecule has 1 N–H and O–H groups in total. The van der Waals surface area contributed by atoms with Crippen molar-refractivity contribution in [3.63, 3.8) is 0 Å². The van der Waals surface area contributed by atoms with Gasteiger partial charge >= 0.3 is 0 Å². The third-order valence-corrected chi connectivity index (χ3v) is 3.39. The molecule has 0 fully saturated rings. The Morgan fingerprint density at radius 1 is 1.29 bits per heavy atom. The second kappa shape index (κ2) is 6.75. The number of nitrogens with one attached hydrogen (secondary N) is 1. The van der Waals surface area contributed by atoms with Gasteiger partial charge in [-0.1, -0.05) is 26.8 Å². The van der Waals surface area contributed by atoms with Gasteiger partial charge in [-0.15, -0.1) is 0 Å². The van der Waals surface area contributed by atoms with E-state index in [2.05, 4.69) is 33.0 Å². The van der Waals surface area contributed by atoms with Gasteiger partial charge in [0.25, 0.3) is 0 Å². The fraction of sp³-hybridized carbons (Fsp3) is 0.600. The number of rotatable bonds is 6. The van der Waals surface area contributed by atoms with E-state index in [4.69, 9.17) is 0 Å². The molecule has 1 aromatic rings. The standard InChI is InChI=1S/C15H24FN/c1-5-17-10-14(11(2)3)8-13-9-15(16)7-6-12(13)4/h6-7,9,11,14,17H,5,8,10H2,1-4H3. The van der Waals surface area contributed by atoms with E-state index < -0.39 is 0 Å². The number of halogens is 1. The van der Waals surface area contributed by atoms with Crippen LogP contribution in [0.5, 0.6) is 0 Å². The van der Waals surface area contributed by atoms with Gasteiger partial charge in [0.1, 0.15) is 5.82 Å². The summed E-state index contributed by atoms with van der Waals surface area (Å²) < 4.78 is 13.2. The van der Waals surface area contributed by atoms with Crippen LogP contribution in [0.25, 0.3) is 0 Å². The van der Waals surface area contributed by atoms with Gasteiger partial charge in [-0.25, -0.2) is 4.39 Å².